The lowest BCUT2D eigenvalue weighted by Crippen LogP contribution is -2.12. The number of aliphatic imine (C=N–C) groups is 1. The van der Waals surface area contributed by atoms with Gasteiger partial charge >= 0.3 is 0 Å². The molecule has 0 unspecified atom stereocenters. The average Bonchev–Trinajstić information content (AvgIpc) is 3.42. The largest absolute Gasteiger partial charge is 0.402 e. The van der Waals surface area contributed by atoms with Crippen molar-refractivity contribution in [2.45, 2.75) is 26.3 Å². The van der Waals surface area contributed by atoms with Crippen molar-refractivity contribution in [2.75, 3.05) is 5.32 Å². The summed E-state index contributed by atoms with van der Waals surface area (Å²) in [5.74, 6) is 1.76. The molecule has 130 valence electrons. The van der Waals surface area contributed by atoms with Gasteiger partial charge in [0.05, 0.1) is 4.47 Å². The Morgan fingerprint density at radius 3 is 2.72 bits per heavy atom. The molecule has 5 N–H and O–H groups in total. The van der Waals surface area contributed by atoms with Crippen molar-refractivity contribution in [1.29, 1.82) is 0 Å². The van der Waals surface area contributed by atoms with Gasteiger partial charge in [0.1, 0.15) is 5.84 Å². The fraction of sp³-hybridized carbons (Fsp3) is 0.278. The van der Waals surface area contributed by atoms with Crippen molar-refractivity contribution in [3.8, 4) is 0 Å². The van der Waals surface area contributed by atoms with Crippen molar-refractivity contribution in [2.24, 2.45) is 22.4 Å². The number of amidine groups is 1. The van der Waals surface area contributed by atoms with Crippen molar-refractivity contribution in [3.63, 3.8) is 0 Å². The molecule has 0 atom stereocenters. The van der Waals surface area contributed by atoms with Gasteiger partial charge in [0.15, 0.2) is 5.82 Å². The fourth-order valence-corrected chi connectivity index (χ4v) is 2.55. The molecule has 25 heavy (non-hydrogen) atoms. The minimum atomic E-state index is 0.341. The van der Waals surface area contributed by atoms with E-state index in [2.05, 4.69) is 67.4 Å². The van der Waals surface area contributed by atoms with E-state index in [1.165, 1.54) is 5.56 Å². The molecule has 1 fully saturated rings. The van der Waals surface area contributed by atoms with Crippen LogP contribution in [0.1, 0.15) is 24.0 Å². The van der Waals surface area contributed by atoms with Crippen LogP contribution in [0.15, 0.2) is 51.7 Å². The number of hydrogen-bond donors (Lipinski definition) is 3. The molecule has 3 rings (SSSR count). The summed E-state index contributed by atoms with van der Waals surface area (Å²) < 4.78 is 0.676. The van der Waals surface area contributed by atoms with Crippen molar-refractivity contribution >= 4 is 33.5 Å². The van der Waals surface area contributed by atoms with E-state index < -0.39 is 0 Å². The van der Waals surface area contributed by atoms with Gasteiger partial charge in [-0.2, -0.15) is 4.98 Å². The predicted octanol–water partition coefficient (Wildman–Crippen LogP) is 3.40. The minimum Gasteiger partial charge on any atom is -0.402 e. The number of benzene rings is 1. The third kappa shape index (κ3) is 5.03. The summed E-state index contributed by atoms with van der Waals surface area (Å²) in [7, 11) is 0. The topological polar surface area (TPSA) is 102 Å². The molecule has 0 saturated heterocycles. The summed E-state index contributed by atoms with van der Waals surface area (Å²) in [4.78, 5) is 13.0. The molecule has 1 aliphatic rings. The van der Waals surface area contributed by atoms with Gasteiger partial charge in [0.2, 0.25) is 5.95 Å². The normalized spacial score (nSPS) is 15.3. The summed E-state index contributed by atoms with van der Waals surface area (Å²) >= 11 is 3.40. The zero-order valence-electron chi connectivity index (χ0n) is 14.0. The third-order valence-corrected chi connectivity index (χ3v) is 4.45. The molecule has 1 aliphatic carbocycles. The highest BCUT2D eigenvalue weighted by Gasteiger charge is 2.24. The number of halogens is 1. The standard InChI is InChI=1S/C18H21BrN6/c1-11-2-4-12(5-3-11)9-22-18-23-10-14(19)17(25-18)24-16(21)8-15(20)13-6-7-13/h2-5,8,10,13H,6-7,9,20H2,1H3,(H3,21,22,23,24,25)/b15-8-. The van der Waals surface area contributed by atoms with Crippen molar-refractivity contribution in [3.05, 3.63) is 57.8 Å². The first-order valence-corrected chi connectivity index (χ1v) is 8.94. The van der Waals surface area contributed by atoms with E-state index in [1.807, 2.05) is 0 Å². The van der Waals surface area contributed by atoms with E-state index in [0.29, 0.717) is 34.5 Å². The zero-order valence-corrected chi connectivity index (χ0v) is 15.6. The number of nitrogens with zero attached hydrogens (tertiary/aromatic N) is 3. The number of hydrogen-bond acceptors (Lipinski definition) is 5. The lowest BCUT2D eigenvalue weighted by atomic mass is 10.1. The monoisotopic (exact) mass is 400 g/mol. The van der Waals surface area contributed by atoms with Crippen LogP contribution in [-0.2, 0) is 6.54 Å². The molecule has 6 nitrogen and oxygen atoms in total. The van der Waals surface area contributed by atoms with E-state index in [4.69, 9.17) is 11.5 Å². The highest BCUT2D eigenvalue weighted by atomic mass is 79.9. The Kier molecular flexibility index (Phi) is 5.33. The third-order valence-electron chi connectivity index (χ3n) is 3.90. The molecule has 0 radical (unpaired) electrons. The molecule has 2 aromatic rings. The lowest BCUT2D eigenvalue weighted by Gasteiger charge is -2.07. The van der Waals surface area contributed by atoms with Crippen LogP contribution >= 0.6 is 15.9 Å². The van der Waals surface area contributed by atoms with Crippen LogP contribution in [0.3, 0.4) is 0 Å². The fourth-order valence-electron chi connectivity index (χ4n) is 2.27. The number of anilines is 1. The molecule has 1 aromatic heterocycles. The molecular weight excluding hydrogens is 380 g/mol. The number of aryl methyl sites for hydroxylation is 1. The Morgan fingerprint density at radius 2 is 2.04 bits per heavy atom. The number of nitrogens with one attached hydrogen (secondary N) is 1. The maximum atomic E-state index is 5.97. The van der Waals surface area contributed by atoms with Gasteiger partial charge in [-0.1, -0.05) is 29.8 Å². The number of nitrogens with two attached hydrogens (primary N) is 2. The van der Waals surface area contributed by atoms with Crippen molar-refractivity contribution < 1.29 is 0 Å². The van der Waals surface area contributed by atoms with Crippen molar-refractivity contribution in [1.82, 2.24) is 9.97 Å². The van der Waals surface area contributed by atoms with Gasteiger partial charge in [-0.15, -0.1) is 0 Å². The summed E-state index contributed by atoms with van der Waals surface area (Å²) in [6.07, 6.45) is 5.62. The Morgan fingerprint density at radius 1 is 1.32 bits per heavy atom. The van der Waals surface area contributed by atoms with Gasteiger partial charge in [0, 0.05) is 18.4 Å². The predicted molar refractivity (Wildman–Crippen MR) is 105 cm³/mol. The van der Waals surface area contributed by atoms with E-state index in [0.717, 1.165) is 24.1 Å². The quantitative estimate of drug-likeness (QED) is 0.509. The van der Waals surface area contributed by atoms with Crippen LogP contribution in [0, 0.1) is 12.8 Å². The van der Waals surface area contributed by atoms with Crippen LogP contribution in [0.25, 0.3) is 0 Å². The second kappa shape index (κ2) is 7.65. The highest BCUT2D eigenvalue weighted by Crippen LogP contribution is 2.33. The smallest absolute Gasteiger partial charge is 0.225 e. The second-order valence-corrected chi connectivity index (χ2v) is 7.01. The van der Waals surface area contributed by atoms with E-state index >= 15 is 0 Å². The first-order chi connectivity index (χ1) is 12.0. The molecule has 0 aliphatic heterocycles. The van der Waals surface area contributed by atoms with E-state index in [-0.39, 0.29) is 0 Å². The maximum absolute atomic E-state index is 5.97. The highest BCUT2D eigenvalue weighted by molar-refractivity contribution is 9.10. The van der Waals surface area contributed by atoms with Gasteiger partial charge in [0.25, 0.3) is 0 Å². The SMILES string of the molecule is Cc1ccc(CNc2ncc(Br)c(N=C(N)/C=C(\N)C3CC3)n2)cc1. The summed E-state index contributed by atoms with van der Waals surface area (Å²) in [6, 6.07) is 8.30. The molecular formula is C18H21BrN6. The van der Waals surface area contributed by atoms with Crippen LogP contribution in [0.2, 0.25) is 0 Å². The molecule has 0 bridgehead atoms. The first kappa shape index (κ1) is 17.4. The molecule has 1 heterocycles. The Labute approximate surface area is 155 Å². The zero-order chi connectivity index (χ0) is 17.8. The van der Waals surface area contributed by atoms with Crippen LogP contribution in [-0.4, -0.2) is 15.8 Å². The van der Waals surface area contributed by atoms with Gasteiger partial charge in [-0.25, -0.2) is 9.98 Å². The number of rotatable bonds is 6. The molecule has 0 spiro atoms. The van der Waals surface area contributed by atoms with E-state index in [1.54, 1.807) is 12.3 Å². The van der Waals surface area contributed by atoms with Crippen LogP contribution in [0.4, 0.5) is 11.8 Å². The maximum Gasteiger partial charge on any atom is 0.225 e. The molecule has 1 saturated carbocycles. The Bertz CT molecular complexity index is 809. The van der Waals surface area contributed by atoms with Gasteiger partial charge in [-0.3, -0.25) is 0 Å². The first-order valence-electron chi connectivity index (χ1n) is 8.14. The molecule has 0 amide bonds. The second-order valence-electron chi connectivity index (χ2n) is 6.16. The average molecular weight is 401 g/mol. The lowest BCUT2D eigenvalue weighted by molar-refractivity contribution is 0.982. The van der Waals surface area contributed by atoms with Gasteiger partial charge in [-0.05, 0) is 53.3 Å². The summed E-state index contributed by atoms with van der Waals surface area (Å²) in [6.45, 7) is 2.70. The minimum absolute atomic E-state index is 0.341. The summed E-state index contributed by atoms with van der Waals surface area (Å²) in [5, 5.41) is 3.20. The van der Waals surface area contributed by atoms with Crippen LogP contribution < -0.4 is 16.8 Å². The Balaban J connectivity index is 1.71. The molecule has 1 aromatic carbocycles. The number of allylic oxidation sites excluding steroid dienone is 1. The van der Waals surface area contributed by atoms with Gasteiger partial charge < -0.3 is 16.8 Å². The summed E-state index contributed by atoms with van der Waals surface area (Å²) in [5.41, 5.74) is 15.1. The Hall–Kier alpha value is -2.41. The van der Waals surface area contributed by atoms with Crippen LogP contribution in [0.5, 0.6) is 0 Å². The molecule has 7 heteroatoms. The number of aromatic nitrogens is 2. The van der Waals surface area contributed by atoms with E-state index in [9.17, 15) is 0 Å².